The molecule has 2 saturated heterocycles. The molecule has 142 valence electrons. The fourth-order valence-corrected chi connectivity index (χ4v) is 3.47. The van der Waals surface area contributed by atoms with Gasteiger partial charge in [-0.15, -0.1) is 0 Å². The topological polar surface area (TPSA) is 59.1 Å². The summed E-state index contributed by atoms with van der Waals surface area (Å²) in [6.07, 6.45) is 2.26. The van der Waals surface area contributed by atoms with Gasteiger partial charge in [0.25, 0.3) is 5.91 Å². The minimum absolute atomic E-state index is 0.0361. The highest BCUT2D eigenvalue weighted by Gasteiger charge is 2.30. The number of amides is 2. The van der Waals surface area contributed by atoms with Gasteiger partial charge in [-0.3, -0.25) is 9.59 Å². The summed E-state index contributed by atoms with van der Waals surface area (Å²) in [6, 6.07) is 4.56. The third kappa shape index (κ3) is 4.33. The third-order valence-electron chi connectivity index (χ3n) is 4.94. The lowest BCUT2D eigenvalue weighted by molar-refractivity contribution is -0.141. The van der Waals surface area contributed by atoms with Crippen molar-refractivity contribution in [3.05, 3.63) is 29.6 Å². The molecule has 1 atom stereocenters. The molecule has 0 spiro atoms. The molecule has 0 aliphatic carbocycles. The molecular formula is C19H25FN2O4. The Morgan fingerprint density at radius 3 is 2.65 bits per heavy atom. The van der Waals surface area contributed by atoms with Crippen molar-refractivity contribution >= 4 is 11.8 Å². The zero-order chi connectivity index (χ0) is 18.5. The van der Waals surface area contributed by atoms with Crippen molar-refractivity contribution in [3.8, 4) is 5.75 Å². The summed E-state index contributed by atoms with van der Waals surface area (Å²) in [5.74, 6) is -0.323. The van der Waals surface area contributed by atoms with E-state index in [4.69, 9.17) is 9.47 Å². The quantitative estimate of drug-likeness (QED) is 0.815. The standard InChI is InChI=1S/C19H25FN2O4/c1-25-16-6-5-14(12-15(16)20)13-18(23)21-7-3-8-22(10-9-21)19(24)17-4-2-11-26-17/h5-6,12,17H,2-4,7-11,13H2,1H3. The summed E-state index contributed by atoms with van der Waals surface area (Å²) < 4.78 is 24.2. The minimum Gasteiger partial charge on any atom is -0.494 e. The molecule has 0 radical (unpaired) electrons. The highest BCUT2D eigenvalue weighted by Crippen LogP contribution is 2.19. The number of carbonyl (C=O) groups is 2. The van der Waals surface area contributed by atoms with Crippen LogP contribution in [-0.4, -0.2) is 67.6 Å². The Morgan fingerprint density at radius 1 is 1.19 bits per heavy atom. The van der Waals surface area contributed by atoms with Gasteiger partial charge in [0.05, 0.1) is 13.5 Å². The van der Waals surface area contributed by atoms with Crippen LogP contribution in [0.1, 0.15) is 24.8 Å². The molecular weight excluding hydrogens is 339 g/mol. The molecule has 2 heterocycles. The van der Waals surface area contributed by atoms with Crippen LogP contribution in [0.5, 0.6) is 5.75 Å². The highest BCUT2D eigenvalue weighted by atomic mass is 19.1. The van der Waals surface area contributed by atoms with Crippen molar-refractivity contribution < 1.29 is 23.5 Å². The van der Waals surface area contributed by atoms with E-state index in [-0.39, 0.29) is 30.1 Å². The molecule has 7 heteroatoms. The van der Waals surface area contributed by atoms with Crippen molar-refractivity contribution in [2.75, 3.05) is 39.9 Å². The van der Waals surface area contributed by atoms with Crippen LogP contribution >= 0.6 is 0 Å². The van der Waals surface area contributed by atoms with E-state index in [0.29, 0.717) is 38.3 Å². The number of hydrogen-bond acceptors (Lipinski definition) is 4. The number of ether oxygens (including phenoxy) is 2. The monoisotopic (exact) mass is 364 g/mol. The number of carbonyl (C=O) groups excluding carboxylic acids is 2. The van der Waals surface area contributed by atoms with E-state index < -0.39 is 5.82 Å². The lowest BCUT2D eigenvalue weighted by Crippen LogP contribution is -2.42. The van der Waals surface area contributed by atoms with Crippen LogP contribution in [0.4, 0.5) is 4.39 Å². The van der Waals surface area contributed by atoms with E-state index in [9.17, 15) is 14.0 Å². The molecule has 3 rings (SSSR count). The maximum absolute atomic E-state index is 13.8. The molecule has 2 amide bonds. The average Bonchev–Trinajstić information content (AvgIpc) is 3.05. The Morgan fingerprint density at radius 2 is 1.96 bits per heavy atom. The summed E-state index contributed by atoms with van der Waals surface area (Å²) in [4.78, 5) is 28.6. The number of nitrogens with zero attached hydrogens (tertiary/aromatic N) is 2. The molecule has 0 bridgehead atoms. The van der Waals surface area contributed by atoms with E-state index >= 15 is 0 Å². The van der Waals surface area contributed by atoms with Gasteiger partial charge < -0.3 is 19.3 Å². The Kier molecular flexibility index (Phi) is 6.08. The number of methoxy groups -OCH3 is 1. The van der Waals surface area contributed by atoms with Crippen LogP contribution in [-0.2, 0) is 20.7 Å². The first kappa shape index (κ1) is 18.6. The molecule has 2 fully saturated rings. The second-order valence-corrected chi connectivity index (χ2v) is 6.71. The van der Waals surface area contributed by atoms with Gasteiger partial charge in [-0.2, -0.15) is 0 Å². The van der Waals surface area contributed by atoms with Crippen LogP contribution < -0.4 is 4.74 Å². The maximum atomic E-state index is 13.8. The largest absolute Gasteiger partial charge is 0.494 e. The molecule has 1 aromatic carbocycles. The predicted molar refractivity (Wildman–Crippen MR) is 93.4 cm³/mol. The van der Waals surface area contributed by atoms with Crippen molar-refractivity contribution in [3.63, 3.8) is 0 Å². The molecule has 26 heavy (non-hydrogen) atoms. The Balaban J connectivity index is 1.55. The van der Waals surface area contributed by atoms with Crippen molar-refractivity contribution in [2.24, 2.45) is 0 Å². The van der Waals surface area contributed by atoms with Gasteiger partial charge >= 0.3 is 0 Å². The summed E-state index contributed by atoms with van der Waals surface area (Å²) in [5.41, 5.74) is 0.616. The van der Waals surface area contributed by atoms with E-state index in [1.54, 1.807) is 15.9 Å². The van der Waals surface area contributed by atoms with E-state index in [0.717, 1.165) is 19.3 Å². The highest BCUT2D eigenvalue weighted by molar-refractivity contribution is 5.82. The van der Waals surface area contributed by atoms with Gasteiger partial charge in [0.15, 0.2) is 11.6 Å². The number of halogens is 1. The van der Waals surface area contributed by atoms with Crippen molar-refractivity contribution in [1.82, 2.24) is 9.80 Å². The molecule has 0 N–H and O–H groups in total. The van der Waals surface area contributed by atoms with Gasteiger partial charge in [-0.25, -0.2) is 4.39 Å². The second-order valence-electron chi connectivity index (χ2n) is 6.71. The summed E-state index contributed by atoms with van der Waals surface area (Å²) in [5, 5.41) is 0. The van der Waals surface area contributed by atoms with E-state index in [1.807, 2.05) is 0 Å². The number of benzene rings is 1. The maximum Gasteiger partial charge on any atom is 0.251 e. The molecule has 2 aliphatic heterocycles. The van der Waals surface area contributed by atoms with E-state index in [1.165, 1.54) is 19.2 Å². The molecule has 2 aliphatic rings. The predicted octanol–water partition coefficient (Wildman–Crippen LogP) is 1.62. The Bertz CT molecular complexity index is 661. The number of hydrogen-bond donors (Lipinski definition) is 0. The molecule has 0 saturated carbocycles. The van der Waals surface area contributed by atoms with Crippen LogP contribution in [0.2, 0.25) is 0 Å². The first-order chi connectivity index (χ1) is 12.6. The van der Waals surface area contributed by atoms with Gasteiger partial charge in [-0.1, -0.05) is 6.07 Å². The fraction of sp³-hybridized carbons (Fsp3) is 0.579. The Labute approximate surface area is 152 Å². The smallest absolute Gasteiger partial charge is 0.251 e. The normalized spacial score (nSPS) is 20.8. The van der Waals surface area contributed by atoms with E-state index in [2.05, 4.69) is 0 Å². The second kappa shape index (κ2) is 8.49. The zero-order valence-corrected chi connectivity index (χ0v) is 15.1. The lowest BCUT2D eigenvalue weighted by atomic mass is 10.1. The van der Waals surface area contributed by atoms with Crippen LogP contribution in [0.25, 0.3) is 0 Å². The Hall–Kier alpha value is -2.15. The summed E-state index contributed by atoms with van der Waals surface area (Å²) in [6.45, 7) is 2.90. The zero-order valence-electron chi connectivity index (χ0n) is 15.1. The number of rotatable bonds is 4. The van der Waals surface area contributed by atoms with Crippen molar-refractivity contribution in [2.45, 2.75) is 31.8 Å². The van der Waals surface area contributed by atoms with Crippen LogP contribution in [0.15, 0.2) is 18.2 Å². The van der Waals surface area contributed by atoms with Crippen LogP contribution in [0.3, 0.4) is 0 Å². The fourth-order valence-electron chi connectivity index (χ4n) is 3.47. The van der Waals surface area contributed by atoms with Crippen molar-refractivity contribution in [1.29, 1.82) is 0 Å². The SMILES string of the molecule is COc1ccc(CC(=O)N2CCCN(C(=O)C3CCCO3)CC2)cc1F. The van der Waals surface area contributed by atoms with Gasteiger partial charge in [0.1, 0.15) is 6.10 Å². The molecule has 0 aromatic heterocycles. The first-order valence-corrected chi connectivity index (χ1v) is 9.09. The minimum atomic E-state index is -0.470. The van der Waals surface area contributed by atoms with Gasteiger partial charge in [0.2, 0.25) is 5.91 Å². The summed E-state index contributed by atoms with van der Waals surface area (Å²) in [7, 11) is 1.41. The third-order valence-corrected chi connectivity index (χ3v) is 4.94. The van der Waals surface area contributed by atoms with Gasteiger partial charge in [-0.05, 0) is 37.0 Å². The summed E-state index contributed by atoms with van der Waals surface area (Å²) >= 11 is 0. The average molecular weight is 364 g/mol. The molecule has 6 nitrogen and oxygen atoms in total. The van der Waals surface area contributed by atoms with Crippen LogP contribution in [0, 0.1) is 5.82 Å². The molecule has 1 aromatic rings. The lowest BCUT2D eigenvalue weighted by Gasteiger charge is -2.24. The first-order valence-electron chi connectivity index (χ1n) is 9.09. The van der Waals surface area contributed by atoms with Gasteiger partial charge in [0, 0.05) is 32.8 Å². The molecule has 1 unspecified atom stereocenters.